The van der Waals surface area contributed by atoms with Gasteiger partial charge in [-0.25, -0.2) is 15.8 Å². The van der Waals surface area contributed by atoms with Gasteiger partial charge in [0.25, 0.3) is 0 Å². The lowest BCUT2D eigenvalue weighted by molar-refractivity contribution is 0.204. The van der Waals surface area contributed by atoms with E-state index >= 15 is 0 Å². The van der Waals surface area contributed by atoms with E-state index < -0.39 is 0 Å². The molecule has 0 saturated heterocycles. The van der Waals surface area contributed by atoms with Crippen molar-refractivity contribution in [2.75, 3.05) is 37.1 Å². The molecular weight excluding hydrogens is 266 g/mol. The smallest absolute Gasteiger partial charge is 0.145 e. The highest BCUT2D eigenvalue weighted by Gasteiger charge is 2.21. The fourth-order valence-corrected chi connectivity index (χ4v) is 1.95. The normalized spacial score (nSPS) is 11.8. The van der Waals surface area contributed by atoms with Gasteiger partial charge in [0.05, 0.1) is 6.61 Å². The topological polar surface area (TPSA) is 76.3 Å². The molecule has 1 rings (SSSR count). The van der Waals surface area contributed by atoms with Crippen LogP contribution < -0.4 is 16.2 Å². The third kappa shape index (κ3) is 5.47. The molecule has 0 bridgehead atoms. The molecule has 0 atom stereocenters. The summed E-state index contributed by atoms with van der Waals surface area (Å²) in [5, 5.41) is 0. The Morgan fingerprint density at radius 3 is 2.48 bits per heavy atom. The van der Waals surface area contributed by atoms with Gasteiger partial charge in [-0.3, -0.25) is 0 Å². The van der Waals surface area contributed by atoms with Crippen molar-refractivity contribution in [3.05, 3.63) is 11.9 Å². The van der Waals surface area contributed by atoms with Gasteiger partial charge in [0.15, 0.2) is 0 Å². The lowest BCUT2D eigenvalue weighted by Crippen LogP contribution is -2.33. The van der Waals surface area contributed by atoms with Crippen molar-refractivity contribution >= 4 is 11.6 Å². The van der Waals surface area contributed by atoms with Crippen LogP contribution in [-0.2, 0) is 10.2 Å². The summed E-state index contributed by atoms with van der Waals surface area (Å²) in [6.45, 7) is 13.0. The number of methoxy groups -OCH3 is 1. The first-order chi connectivity index (χ1) is 9.77. The highest BCUT2D eigenvalue weighted by atomic mass is 16.5. The lowest BCUT2D eigenvalue weighted by Gasteiger charge is -2.27. The number of hydrogen-bond donors (Lipinski definition) is 2. The molecule has 21 heavy (non-hydrogen) atoms. The Morgan fingerprint density at radius 1 is 1.33 bits per heavy atom. The van der Waals surface area contributed by atoms with Crippen LogP contribution in [0.15, 0.2) is 6.07 Å². The Kier molecular flexibility index (Phi) is 6.36. The number of nitrogens with one attached hydrogen (secondary N) is 1. The van der Waals surface area contributed by atoms with Crippen molar-refractivity contribution in [1.82, 2.24) is 9.97 Å². The summed E-state index contributed by atoms with van der Waals surface area (Å²) in [4.78, 5) is 11.4. The van der Waals surface area contributed by atoms with Crippen LogP contribution in [0.3, 0.4) is 0 Å². The van der Waals surface area contributed by atoms with Crippen LogP contribution in [0.5, 0.6) is 0 Å². The highest BCUT2D eigenvalue weighted by molar-refractivity contribution is 5.49. The van der Waals surface area contributed by atoms with Gasteiger partial charge in [0.1, 0.15) is 17.5 Å². The molecule has 0 amide bonds. The standard InChI is InChI=1S/C15H29N5O/c1-11(2)10-20(7-8-21-6)13-9-12(19-16)17-14(18-13)15(3,4)5/h9,11H,7-8,10,16H2,1-6H3,(H,17,18,19). The zero-order valence-electron chi connectivity index (χ0n) is 14.1. The van der Waals surface area contributed by atoms with Gasteiger partial charge in [-0.1, -0.05) is 34.6 Å². The zero-order valence-corrected chi connectivity index (χ0v) is 14.1. The summed E-state index contributed by atoms with van der Waals surface area (Å²) in [6.07, 6.45) is 0. The van der Waals surface area contributed by atoms with E-state index in [1.165, 1.54) is 0 Å². The molecule has 0 fully saturated rings. The first kappa shape index (κ1) is 17.7. The molecule has 3 N–H and O–H groups in total. The minimum Gasteiger partial charge on any atom is -0.383 e. The average molecular weight is 295 g/mol. The Morgan fingerprint density at radius 2 is 2.00 bits per heavy atom. The first-order valence-corrected chi connectivity index (χ1v) is 7.38. The van der Waals surface area contributed by atoms with E-state index in [9.17, 15) is 0 Å². The van der Waals surface area contributed by atoms with Crippen LogP contribution in [0.25, 0.3) is 0 Å². The molecule has 0 aliphatic rings. The average Bonchev–Trinajstić information content (AvgIpc) is 2.41. The van der Waals surface area contributed by atoms with Gasteiger partial charge in [0, 0.05) is 31.7 Å². The monoisotopic (exact) mass is 295 g/mol. The maximum atomic E-state index is 5.55. The molecule has 0 aliphatic heterocycles. The molecule has 6 nitrogen and oxygen atoms in total. The molecule has 120 valence electrons. The number of hydrazine groups is 1. The molecule has 0 radical (unpaired) electrons. The Hall–Kier alpha value is -1.40. The van der Waals surface area contributed by atoms with Gasteiger partial charge in [-0.05, 0) is 5.92 Å². The molecule has 6 heteroatoms. The van der Waals surface area contributed by atoms with Crippen molar-refractivity contribution < 1.29 is 4.74 Å². The zero-order chi connectivity index (χ0) is 16.0. The molecule has 0 aromatic carbocycles. The van der Waals surface area contributed by atoms with E-state index in [0.29, 0.717) is 18.3 Å². The lowest BCUT2D eigenvalue weighted by atomic mass is 9.96. The second-order valence-electron chi connectivity index (χ2n) is 6.66. The van der Waals surface area contributed by atoms with Crippen LogP contribution in [0.2, 0.25) is 0 Å². The summed E-state index contributed by atoms with van der Waals surface area (Å²) in [6, 6.07) is 1.88. The molecule has 0 aliphatic carbocycles. The van der Waals surface area contributed by atoms with E-state index in [1.807, 2.05) is 6.07 Å². The van der Waals surface area contributed by atoms with Gasteiger partial charge in [-0.2, -0.15) is 0 Å². The molecule has 1 heterocycles. The molecular formula is C15H29N5O. The number of nitrogen functional groups attached to an aromatic ring is 1. The second-order valence-corrected chi connectivity index (χ2v) is 6.66. The van der Waals surface area contributed by atoms with Crippen LogP contribution in [0.1, 0.15) is 40.4 Å². The summed E-state index contributed by atoms with van der Waals surface area (Å²) in [7, 11) is 1.71. The van der Waals surface area contributed by atoms with E-state index in [0.717, 1.165) is 24.7 Å². The first-order valence-electron chi connectivity index (χ1n) is 7.38. The third-order valence-electron chi connectivity index (χ3n) is 3.01. The van der Waals surface area contributed by atoms with Gasteiger partial charge in [0.2, 0.25) is 0 Å². The number of ether oxygens (including phenoxy) is 1. The van der Waals surface area contributed by atoms with Crippen molar-refractivity contribution in [2.24, 2.45) is 11.8 Å². The maximum absolute atomic E-state index is 5.55. The van der Waals surface area contributed by atoms with E-state index in [1.54, 1.807) is 7.11 Å². The fourth-order valence-electron chi connectivity index (χ4n) is 1.95. The Bertz CT molecular complexity index is 442. The van der Waals surface area contributed by atoms with Gasteiger partial charge < -0.3 is 15.1 Å². The minimum absolute atomic E-state index is 0.133. The molecule has 1 aromatic heterocycles. The number of nitrogens with zero attached hydrogens (tertiary/aromatic N) is 3. The number of rotatable bonds is 7. The molecule has 0 saturated carbocycles. The quantitative estimate of drug-likeness (QED) is 0.593. The van der Waals surface area contributed by atoms with Crippen molar-refractivity contribution in [1.29, 1.82) is 0 Å². The number of aromatic nitrogens is 2. The SMILES string of the molecule is COCCN(CC(C)C)c1cc(NN)nc(C(C)(C)C)n1. The summed E-state index contributed by atoms with van der Waals surface area (Å²) >= 11 is 0. The fraction of sp³-hybridized carbons (Fsp3) is 0.733. The van der Waals surface area contributed by atoms with Crippen LogP contribution in [0.4, 0.5) is 11.6 Å². The highest BCUT2D eigenvalue weighted by Crippen LogP contribution is 2.24. The maximum Gasteiger partial charge on any atom is 0.145 e. The third-order valence-corrected chi connectivity index (χ3v) is 3.01. The largest absolute Gasteiger partial charge is 0.383 e. The number of anilines is 2. The predicted octanol–water partition coefficient (Wildman–Crippen LogP) is 2.17. The van der Waals surface area contributed by atoms with Crippen molar-refractivity contribution in [3.8, 4) is 0 Å². The van der Waals surface area contributed by atoms with Crippen molar-refractivity contribution in [2.45, 2.75) is 40.0 Å². The van der Waals surface area contributed by atoms with E-state index in [2.05, 4.69) is 49.9 Å². The molecule has 0 unspecified atom stereocenters. The summed E-state index contributed by atoms with van der Waals surface area (Å²) in [5.74, 6) is 8.38. The Labute approximate surface area is 128 Å². The predicted molar refractivity (Wildman–Crippen MR) is 87.5 cm³/mol. The number of nitrogens with two attached hydrogens (primary N) is 1. The van der Waals surface area contributed by atoms with Crippen LogP contribution >= 0.6 is 0 Å². The molecule has 1 aromatic rings. The Balaban J connectivity index is 3.16. The van der Waals surface area contributed by atoms with E-state index in [4.69, 9.17) is 15.6 Å². The van der Waals surface area contributed by atoms with E-state index in [-0.39, 0.29) is 5.41 Å². The summed E-state index contributed by atoms with van der Waals surface area (Å²) in [5.41, 5.74) is 2.50. The molecule has 0 spiro atoms. The second kappa shape index (κ2) is 7.56. The number of hydrogen-bond acceptors (Lipinski definition) is 6. The van der Waals surface area contributed by atoms with Crippen LogP contribution in [-0.4, -0.2) is 36.8 Å². The minimum atomic E-state index is -0.133. The van der Waals surface area contributed by atoms with Gasteiger partial charge >= 0.3 is 0 Å². The summed E-state index contributed by atoms with van der Waals surface area (Å²) < 4.78 is 5.20. The van der Waals surface area contributed by atoms with Crippen LogP contribution in [0, 0.1) is 5.92 Å². The van der Waals surface area contributed by atoms with Crippen molar-refractivity contribution in [3.63, 3.8) is 0 Å². The van der Waals surface area contributed by atoms with Gasteiger partial charge in [-0.15, -0.1) is 0 Å².